The Morgan fingerprint density at radius 2 is 2.31 bits per heavy atom. The van der Waals surface area contributed by atoms with Crippen molar-refractivity contribution in [1.82, 2.24) is 10.3 Å². The molecule has 1 N–H and O–H groups in total. The minimum absolute atomic E-state index is 0.752. The van der Waals surface area contributed by atoms with E-state index in [1.54, 1.807) is 17.6 Å². The number of nitrogens with one attached hydrogen (secondary N) is 1. The highest BCUT2D eigenvalue weighted by molar-refractivity contribution is 7.15. The van der Waals surface area contributed by atoms with Gasteiger partial charge in [0.2, 0.25) is 0 Å². The average molecular weight is 237 g/mol. The van der Waals surface area contributed by atoms with Gasteiger partial charge in [0.1, 0.15) is 5.76 Å². The summed E-state index contributed by atoms with van der Waals surface area (Å²) < 4.78 is 5.23. The van der Waals surface area contributed by atoms with Crippen molar-refractivity contribution < 1.29 is 4.42 Å². The quantitative estimate of drug-likeness (QED) is 0.864. The Kier molecular flexibility index (Phi) is 3.58. The number of nitrogens with zero attached hydrogens (tertiary/aromatic N) is 2. The van der Waals surface area contributed by atoms with Crippen LogP contribution in [0.25, 0.3) is 0 Å². The molecular formula is C11H15N3OS. The molecule has 0 unspecified atom stereocenters. The van der Waals surface area contributed by atoms with Crippen LogP contribution in [0.1, 0.15) is 10.6 Å². The Balaban J connectivity index is 1.81. The molecule has 0 fully saturated rings. The van der Waals surface area contributed by atoms with Crippen LogP contribution in [0, 0.1) is 0 Å². The molecule has 86 valence electrons. The van der Waals surface area contributed by atoms with Gasteiger partial charge >= 0.3 is 0 Å². The molecule has 0 amide bonds. The lowest BCUT2D eigenvalue weighted by Crippen LogP contribution is -2.11. The summed E-state index contributed by atoms with van der Waals surface area (Å²) in [7, 11) is 4.00. The largest absolute Gasteiger partial charge is 0.468 e. The summed E-state index contributed by atoms with van der Waals surface area (Å²) in [6, 6.07) is 3.86. The van der Waals surface area contributed by atoms with Crippen LogP contribution in [0.2, 0.25) is 0 Å². The van der Waals surface area contributed by atoms with Gasteiger partial charge in [0, 0.05) is 31.7 Å². The number of thiazole rings is 1. The molecule has 0 bridgehead atoms. The van der Waals surface area contributed by atoms with E-state index in [1.807, 2.05) is 37.3 Å². The Labute approximate surface area is 98.9 Å². The van der Waals surface area contributed by atoms with Crippen molar-refractivity contribution in [2.75, 3.05) is 19.0 Å². The second-order valence-electron chi connectivity index (χ2n) is 3.69. The van der Waals surface area contributed by atoms with Crippen LogP contribution in [0.4, 0.5) is 5.13 Å². The molecule has 0 spiro atoms. The van der Waals surface area contributed by atoms with Crippen molar-refractivity contribution in [1.29, 1.82) is 0 Å². The van der Waals surface area contributed by atoms with E-state index in [0.717, 1.165) is 24.0 Å². The van der Waals surface area contributed by atoms with E-state index in [1.165, 1.54) is 4.88 Å². The van der Waals surface area contributed by atoms with E-state index in [2.05, 4.69) is 10.3 Å². The topological polar surface area (TPSA) is 41.3 Å². The van der Waals surface area contributed by atoms with Gasteiger partial charge < -0.3 is 14.6 Å². The lowest BCUT2D eigenvalue weighted by atomic mass is 10.4. The van der Waals surface area contributed by atoms with Crippen LogP contribution in [0.3, 0.4) is 0 Å². The van der Waals surface area contributed by atoms with Gasteiger partial charge in [0.05, 0.1) is 12.8 Å². The number of hydrogen-bond donors (Lipinski definition) is 1. The van der Waals surface area contributed by atoms with E-state index >= 15 is 0 Å². The van der Waals surface area contributed by atoms with Gasteiger partial charge in [-0.2, -0.15) is 0 Å². The lowest BCUT2D eigenvalue weighted by Gasteiger charge is -2.05. The molecule has 0 aliphatic rings. The van der Waals surface area contributed by atoms with Crippen molar-refractivity contribution in [3.8, 4) is 0 Å². The number of anilines is 1. The molecular weight excluding hydrogens is 222 g/mol. The van der Waals surface area contributed by atoms with Gasteiger partial charge in [0.15, 0.2) is 5.13 Å². The molecule has 2 heterocycles. The molecule has 2 rings (SSSR count). The fourth-order valence-electron chi connectivity index (χ4n) is 1.31. The van der Waals surface area contributed by atoms with Gasteiger partial charge in [-0.3, -0.25) is 0 Å². The molecule has 2 aromatic rings. The van der Waals surface area contributed by atoms with E-state index in [0.29, 0.717) is 0 Å². The molecule has 5 heteroatoms. The lowest BCUT2D eigenvalue weighted by molar-refractivity contribution is 0.483. The van der Waals surface area contributed by atoms with Crippen LogP contribution in [0.15, 0.2) is 29.0 Å². The molecule has 0 aliphatic carbocycles. The SMILES string of the molecule is CN(C)c1ncc(CNCc2ccco2)s1. The second-order valence-corrected chi connectivity index (χ2v) is 4.78. The maximum Gasteiger partial charge on any atom is 0.185 e. The van der Waals surface area contributed by atoms with Gasteiger partial charge in [-0.05, 0) is 12.1 Å². The first kappa shape index (κ1) is 11.2. The zero-order valence-corrected chi connectivity index (χ0v) is 10.3. The number of rotatable bonds is 5. The summed E-state index contributed by atoms with van der Waals surface area (Å²) in [5.41, 5.74) is 0. The zero-order valence-electron chi connectivity index (χ0n) is 9.43. The van der Waals surface area contributed by atoms with E-state index in [4.69, 9.17) is 4.42 Å². The van der Waals surface area contributed by atoms with Crippen molar-refractivity contribution in [3.63, 3.8) is 0 Å². The maximum absolute atomic E-state index is 5.23. The van der Waals surface area contributed by atoms with E-state index < -0.39 is 0 Å². The first-order valence-corrected chi connectivity index (χ1v) is 5.92. The Morgan fingerprint density at radius 1 is 1.44 bits per heavy atom. The summed E-state index contributed by atoms with van der Waals surface area (Å²) in [6.07, 6.45) is 3.60. The van der Waals surface area contributed by atoms with E-state index in [-0.39, 0.29) is 0 Å². The zero-order chi connectivity index (χ0) is 11.4. The molecule has 0 atom stereocenters. The molecule has 0 aromatic carbocycles. The van der Waals surface area contributed by atoms with Crippen molar-refractivity contribution in [3.05, 3.63) is 35.2 Å². The Hall–Kier alpha value is -1.33. The normalized spacial score (nSPS) is 10.6. The standard InChI is InChI=1S/C11H15N3OS/c1-14(2)11-13-8-10(16-11)7-12-6-9-4-3-5-15-9/h3-5,8,12H,6-7H2,1-2H3. The van der Waals surface area contributed by atoms with Crippen LogP contribution >= 0.6 is 11.3 Å². The highest BCUT2D eigenvalue weighted by Gasteiger charge is 2.03. The monoisotopic (exact) mass is 237 g/mol. The first-order chi connectivity index (χ1) is 7.75. The third kappa shape index (κ3) is 2.84. The predicted molar refractivity (Wildman–Crippen MR) is 65.7 cm³/mol. The van der Waals surface area contributed by atoms with Crippen molar-refractivity contribution >= 4 is 16.5 Å². The van der Waals surface area contributed by atoms with E-state index in [9.17, 15) is 0 Å². The van der Waals surface area contributed by atoms with Crippen molar-refractivity contribution in [2.24, 2.45) is 0 Å². The number of furan rings is 1. The van der Waals surface area contributed by atoms with Crippen LogP contribution in [0.5, 0.6) is 0 Å². The first-order valence-electron chi connectivity index (χ1n) is 5.11. The highest BCUT2D eigenvalue weighted by Crippen LogP contribution is 2.19. The summed E-state index contributed by atoms with van der Waals surface area (Å²) in [5, 5.41) is 4.35. The minimum Gasteiger partial charge on any atom is -0.468 e. The van der Waals surface area contributed by atoms with Crippen LogP contribution < -0.4 is 10.2 Å². The average Bonchev–Trinajstić information content (AvgIpc) is 2.87. The molecule has 4 nitrogen and oxygen atoms in total. The smallest absolute Gasteiger partial charge is 0.185 e. The Bertz CT molecular complexity index is 422. The molecule has 2 aromatic heterocycles. The van der Waals surface area contributed by atoms with Gasteiger partial charge in [-0.1, -0.05) is 0 Å². The summed E-state index contributed by atoms with van der Waals surface area (Å²) in [5.74, 6) is 0.956. The molecule has 0 saturated carbocycles. The third-order valence-electron chi connectivity index (χ3n) is 2.10. The highest BCUT2D eigenvalue weighted by atomic mass is 32.1. The fraction of sp³-hybridized carbons (Fsp3) is 0.364. The molecule has 16 heavy (non-hydrogen) atoms. The molecule has 0 radical (unpaired) electrons. The molecule has 0 aliphatic heterocycles. The van der Waals surface area contributed by atoms with Crippen LogP contribution in [-0.2, 0) is 13.1 Å². The minimum atomic E-state index is 0.752. The molecule has 0 saturated heterocycles. The van der Waals surface area contributed by atoms with Gasteiger partial charge in [0.25, 0.3) is 0 Å². The maximum atomic E-state index is 5.23. The van der Waals surface area contributed by atoms with Crippen molar-refractivity contribution in [2.45, 2.75) is 13.1 Å². The number of hydrogen-bond acceptors (Lipinski definition) is 5. The number of aromatic nitrogens is 1. The Morgan fingerprint density at radius 3 is 2.94 bits per heavy atom. The predicted octanol–water partition coefficient (Wildman–Crippen LogP) is 2.09. The third-order valence-corrected chi connectivity index (χ3v) is 3.27. The summed E-state index contributed by atoms with van der Waals surface area (Å²) >= 11 is 1.70. The summed E-state index contributed by atoms with van der Waals surface area (Å²) in [4.78, 5) is 7.56. The van der Waals surface area contributed by atoms with Crippen LogP contribution in [-0.4, -0.2) is 19.1 Å². The fourth-order valence-corrected chi connectivity index (χ4v) is 2.11. The van der Waals surface area contributed by atoms with Gasteiger partial charge in [-0.25, -0.2) is 4.98 Å². The second kappa shape index (κ2) is 5.14. The van der Waals surface area contributed by atoms with Gasteiger partial charge in [-0.15, -0.1) is 11.3 Å². The summed E-state index contributed by atoms with van der Waals surface area (Å²) in [6.45, 7) is 1.58.